The Labute approximate surface area is 137 Å². The molecule has 0 aliphatic heterocycles. The Bertz CT molecular complexity index is 827. The average Bonchev–Trinajstić information content (AvgIpc) is 2.86. The van der Waals surface area contributed by atoms with Crippen LogP contribution in [-0.2, 0) is 5.41 Å². The third-order valence-corrected chi connectivity index (χ3v) is 3.86. The Morgan fingerprint density at radius 3 is 2.26 bits per heavy atom. The van der Waals surface area contributed by atoms with Gasteiger partial charge < -0.3 is 5.11 Å². The van der Waals surface area contributed by atoms with Crippen molar-refractivity contribution in [1.82, 2.24) is 9.78 Å². The monoisotopic (exact) mass is 306 g/mol. The predicted molar refractivity (Wildman–Crippen MR) is 94.1 cm³/mol. The van der Waals surface area contributed by atoms with Gasteiger partial charge in [-0.2, -0.15) is 5.10 Å². The van der Waals surface area contributed by atoms with Crippen molar-refractivity contribution in [3.63, 3.8) is 0 Å². The van der Waals surface area contributed by atoms with E-state index in [1.54, 1.807) is 0 Å². The van der Waals surface area contributed by atoms with E-state index in [0.29, 0.717) is 5.69 Å². The summed E-state index contributed by atoms with van der Waals surface area (Å²) in [6.07, 6.45) is 0. The Balaban J connectivity index is 2.30. The van der Waals surface area contributed by atoms with Gasteiger partial charge in [0.1, 0.15) is 11.4 Å². The fraction of sp³-hybridized carbons (Fsp3) is 0.250. The van der Waals surface area contributed by atoms with Crippen LogP contribution in [0.4, 0.5) is 0 Å². The van der Waals surface area contributed by atoms with Gasteiger partial charge in [0.05, 0.1) is 5.69 Å². The second-order valence-corrected chi connectivity index (χ2v) is 6.91. The van der Waals surface area contributed by atoms with Crippen LogP contribution in [0.2, 0.25) is 0 Å². The van der Waals surface area contributed by atoms with Crippen molar-refractivity contribution >= 4 is 0 Å². The van der Waals surface area contributed by atoms with Gasteiger partial charge in [-0.15, -0.1) is 0 Å². The minimum absolute atomic E-state index is 0.233. The van der Waals surface area contributed by atoms with Crippen molar-refractivity contribution in [3.8, 4) is 22.7 Å². The lowest BCUT2D eigenvalue weighted by Crippen LogP contribution is -2.12. The van der Waals surface area contributed by atoms with Crippen LogP contribution >= 0.6 is 0 Å². The van der Waals surface area contributed by atoms with E-state index in [4.69, 9.17) is 5.10 Å². The molecule has 0 spiro atoms. The first-order chi connectivity index (χ1) is 10.9. The van der Waals surface area contributed by atoms with Gasteiger partial charge >= 0.3 is 0 Å². The summed E-state index contributed by atoms with van der Waals surface area (Å²) in [6, 6.07) is 18.1. The molecule has 0 aliphatic rings. The van der Waals surface area contributed by atoms with Crippen LogP contribution < -0.4 is 0 Å². The van der Waals surface area contributed by atoms with Crippen LogP contribution in [0.25, 0.3) is 16.9 Å². The van der Waals surface area contributed by atoms with E-state index in [-0.39, 0.29) is 11.2 Å². The third-order valence-electron chi connectivity index (χ3n) is 3.86. The number of para-hydroxylation sites is 1. The maximum absolute atomic E-state index is 10.9. The van der Waals surface area contributed by atoms with E-state index in [1.807, 2.05) is 47.1 Å². The molecule has 23 heavy (non-hydrogen) atoms. The first-order valence-corrected chi connectivity index (χ1v) is 7.83. The summed E-state index contributed by atoms with van der Waals surface area (Å²) in [5, 5.41) is 15.6. The van der Waals surface area contributed by atoms with E-state index in [2.05, 4.69) is 39.8 Å². The van der Waals surface area contributed by atoms with Gasteiger partial charge in [-0.25, -0.2) is 4.68 Å². The molecule has 118 valence electrons. The lowest BCUT2D eigenvalue weighted by Gasteiger charge is -2.15. The van der Waals surface area contributed by atoms with Gasteiger partial charge in [-0.1, -0.05) is 62.7 Å². The number of aryl methyl sites for hydroxylation is 1. The number of aromatic nitrogens is 2. The quantitative estimate of drug-likeness (QED) is 0.735. The molecular weight excluding hydrogens is 284 g/mol. The van der Waals surface area contributed by atoms with E-state index in [0.717, 1.165) is 22.5 Å². The lowest BCUT2D eigenvalue weighted by atomic mass is 9.91. The molecule has 3 nitrogen and oxygen atoms in total. The maximum Gasteiger partial charge on any atom is 0.166 e. The van der Waals surface area contributed by atoms with Crippen LogP contribution in [0.5, 0.6) is 5.75 Å². The Kier molecular flexibility index (Phi) is 3.72. The zero-order valence-electron chi connectivity index (χ0n) is 14.0. The van der Waals surface area contributed by atoms with Gasteiger partial charge in [-0.3, -0.25) is 0 Å². The summed E-state index contributed by atoms with van der Waals surface area (Å²) in [6.45, 7) is 8.23. The largest absolute Gasteiger partial charge is 0.504 e. The second-order valence-electron chi connectivity index (χ2n) is 6.91. The molecule has 0 saturated carbocycles. The molecule has 0 unspecified atom stereocenters. The SMILES string of the molecule is Cc1cccc(-c2c(O)c(C(C)(C)C)nn2-c2ccccc2)c1. The van der Waals surface area contributed by atoms with Gasteiger partial charge in [0.25, 0.3) is 0 Å². The van der Waals surface area contributed by atoms with Crippen molar-refractivity contribution in [2.24, 2.45) is 0 Å². The normalized spacial score (nSPS) is 11.7. The zero-order chi connectivity index (χ0) is 16.6. The van der Waals surface area contributed by atoms with Crippen molar-refractivity contribution < 1.29 is 5.11 Å². The minimum atomic E-state index is -0.233. The second kappa shape index (κ2) is 5.58. The first-order valence-electron chi connectivity index (χ1n) is 7.83. The summed E-state index contributed by atoms with van der Waals surface area (Å²) in [4.78, 5) is 0. The molecule has 0 amide bonds. The minimum Gasteiger partial charge on any atom is -0.504 e. The highest BCUT2D eigenvalue weighted by molar-refractivity contribution is 5.71. The van der Waals surface area contributed by atoms with Crippen molar-refractivity contribution in [3.05, 3.63) is 65.9 Å². The number of nitrogens with zero attached hydrogens (tertiary/aromatic N) is 2. The summed E-state index contributed by atoms with van der Waals surface area (Å²) in [5.74, 6) is 0.256. The smallest absolute Gasteiger partial charge is 0.166 e. The Morgan fingerprint density at radius 2 is 1.65 bits per heavy atom. The molecule has 0 fully saturated rings. The van der Waals surface area contributed by atoms with Gasteiger partial charge in [0.2, 0.25) is 0 Å². The van der Waals surface area contributed by atoms with Crippen LogP contribution in [-0.4, -0.2) is 14.9 Å². The summed E-state index contributed by atoms with van der Waals surface area (Å²) >= 11 is 0. The van der Waals surface area contributed by atoms with E-state index >= 15 is 0 Å². The molecule has 3 heteroatoms. The Hall–Kier alpha value is -2.55. The van der Waals surface area contributed by atoms with Crippen LogP contribution in [0, 0.1) is 6.92 Å². The molecule has 2 aromatic carbocycles. The van der Waals surface area contributed by atoms with E-state index in [9.17, 15) is 5.11 Å². The van der Waals surface area contributed by atoms with Crippen LogP contribution in [0.3, 0.4) is 0 Å². The molecule has 0 radical (unpaired) electrons. The highest BCUT2D eigenvalue weighted by atomic mass is 16.3. The first kappa shape index (κ1) is 15.3. The molecule has 0 bridgehead atoms. The highest BCUT2D eigenvalue weighted by Crippen LogP contribution is 2.39. The number of rotatable bonds is 2. The fourth-order valence-corrected chi connectivity index (χ4v) is 2.72. The molecule has 1 heterocycles. The zero-order valence-corrected chi connectivity index (χ0v) is 14.0. The molecule has 3 aromatic rings. The summed E-state index contributed by atoms with van der Waals surface area (Å²) < 4.78 is 1.84. The third kappa shape index (κ3) is 2.87. The molecule has 3 rings (SSSR count). The topological polar surface area (TPSA) is 38.1 Å². The summed E-state index contributed by atoms with van der Waals surface area (Å²) in [5.41, 5.74) is 4.27. The Morgan fingerprint density at radius 1 is 0.957 bits per heavy atom. The number of hydrogen-bond acceptors (Lipinski definition) is 2. The molecule has 1 N–H and O–H groups in total. The van der Waals surface area contributed by atoms with Gasteiger partial charge in [-0.05, 0) is 25.1 Å². The summed E-state index contributed by atoms with van der Waals surface area (Å²) in [7, 11) is 0. The predicted octanol–water partition coefficient (Wildman–Crippen LogP) is 4.85. The number of hydrogen-bond donors (Lipinski definition) is 1. The van der Waals surface area contributed by atoms with Crippen LogP contribution in [0.1, 0.15) is 32.0 Å². The van der Waals surface area contributed by atoms with Gasteiger partial charge in [0, 0.05) is 11.0 Å². The van der Waals surface area contributed by atoms with E-state index in [1.165, 1.54) is 0 Å². The molecular formula is C20H22N2O. The van der Waals surface area contributed by atoms with Crippen molar-refractivity contribution in [2.45, 2.75) is 33.1 Å². The average molecular weight is 306 g/mol. The molecule has 0 saturated heterocycles. The number of aromatic hydroxyl groups is 1. The van der Waals surface area contributed by atoms with Crippen molar-refractivity contribution in [2.75, 3.05) is 0 Å². The fourth-order valence-electron chi connectivity index (χ4n) is 2.72. The van der Waals surface area contributed by atoms with E-state index < -0.39 is 0 Å². The molecule has 1 aromatic heterocycles. The highest BCUT2D eigenvalue weighted by Gasteiger charge is 2.27. The van der Waals surface area contributed by atoms with Gasteiger partial charge in [0.15, 0.2) is 5.75 Å². The van der Waals surface area contributed by atoms with Crippen LogP contribution in [0.15, 0.2) is 54.6 Å². The molecule has 0 aliphatic carbocycles. The lowest BCUT2D eigenvalue weighted by molar-refractivity contribution is 0.445. The molecule has 0 atom stereocenters. The number of benzene rings is 2. The standard InChI is InChI=1S/C20H22N2O/c1-14-9-8-10-15(13-14)17-18(23)19(20(2,3)4)21-22(17)16-11-6-5-7-12-16/h5-13,23H,1-4H3. The van der Waals surface area contributed by atoms with Crippen molar-refractivity contribution in [1.29, 1.82) is 0 Å². The maximum atomic E-state index is 10.9.